The molecule has 148 valence electrons. The highest BCUT2D eigenvalue weighted by molar-refractivity contribution is 7.85. The molecule has 0 aliphatic heterocycles. The Morgan fingerprint density at radius 1 is 0.793 bits per heavy atom. The van der Waals surface area contributed by atoms with Crippen LogP contribution in [0.5, 0.6) is 5.75 Å². The minimum absolute atomic E-state index is 0.236. The SMILES string of the molecule is COc1ccc(N=Nc2ccc(N=Nc3cccc(S(=O)(=O)O)c3)c(C)c2)cc1. The van der Waals surface area contributed by atoms with Crippen LogP contribution in [0.25, 0.3) is 0 Å². The molecule has 0 fully saturated rings. The summed E-state index contributed by atoms with van der Waals surface area (Å²) in [6.07, 6.45) is 0. The van der Waals surface area contributed by atoms with E-state index < -0.39 is 10.1 Å². The summed E-state index contributed by atoms with van der Waals surface area (Å²) in [6.45, 7) is 1.86. The van der Waals surface area contributed by atoms with Gasteiger partial charge < -0.3 is 4.74 Å². The van der Waals surface area contributed by atoms with Crippen molar-refractivity contribution in [2.75, 3.05) is 7.11 Å². The summed E-state index contributed by atoms with van der Waals surface area (Å²) < 4.78 is 36.6. The first-order chi connectivity index (χ1) is 13.8. The maximum Gasteiger partial charge on any atom is 0.294 e. The lowest BCUT2D eigenvalue weighted by Crippen LogP contribution is -1.96. The molecule has 0 saturated heterocycles. The normalized spacial score (nSPS) is 12.0. The summed E-state index contributed by atoms with van der Waals surface area (Å²) in [5.74, 6) is 0.747. The molecule has 29 heavy (non-hydrogen) atoms. The van der Waals surface area contributed by atoms with Crippen LogP contribution < -0.4 is 4.74 Å². The van der Waals surface area contributed by atoms with E-state index in [-0.39, 0.29) is 4.90 Å². The van der Waals surface area contributed by atoms with Crippen LogP contribution in [-0.4, -0.2) is 20.1 Å². The topological polar surface area (TPSA) is 113 Å². The number of benzene rings is 3. The van der Waals surface area contributed by atoms with Gasteiger partial charge >= 0.3 is 0 Å². The van der Waals surface area contributed by atoms with Crippen molar-refractivity contribution < 1.29 is 17.7 Å². The van der Waals surface area contributed by atoms with Gasteiger partial charge in [0.2, 0.25) is 0 Å². The van der Waals surface area contributed by atoms with Gasteiger partial charge in [-0.15, -0.1) is 0 Å². The minimum Gasteiger partial charge on any atom is -0.497 e. The number of ether oxygens (including phenoxy) is 1. The highest BCUT2D eigenvalue weighted by atomic mass is 32.2. The van der Waals surface area contributed by atoms with Crippen molar-refractivity contribution in [3.8, 4) is 5.75 Å². The van der Waals surface area contributed by atoms with Gasteiger partial charge in [0.15, 0.2) is 0 Å². The molecule has 1 N–H and O–H groups in total. The monoisotopic (exact) mass is 410 g/mol. The van der Waals surface area contributed by atoms with Gasteiger partial charge in [-0.3, -0.25) is 4.55 Å². The van der Waals surface area contributed by atoms with Crippen molar-refractivity contribution in [2.45, 2.75) is 11.8 Å². The average Bonchev–Trinajstić information content (AvgIpc) is 2.71. The van der Waals surface area contributed by atoms with E-state index in [1.54, 1.807) is 49.6 Å². The van der Waals surface area contributed by atoms with Crippen LogP contribution in [0.2, 0.25) is 0 Å². The Morgan fingerprint density at radius 3 is 2.07 bits per heavy atom. The summed E-state index contributed by atoms with van der Waals surface area (Å²) in [4.78, 5) is -0.236. The fourth-order valence-electron chi connectivity index (χ4n) is 2.40. The molecule has 0 aliphatic carbocycles. The Bertz CT molecular complexity index is 1170. The Hall–Kier alpha value is -3.43. The highest BCUT2D eigenvalue weighted by Gasteiger charge is 2.09. The van der Waals surface area contributed by atoms with E-state index in [2.05, 4.69) is 20.5 Å². The van der Waals surface area contributed by atoms with Crippen LogP contribution in [-0.2, 0) is 10.1 Å². The van der Waals surface area contributed by atoms with Crippen LogP contribution in [0.3, 0.4) is 0 Å². The van der Waals surface area contributed by atoms with Crippen molar-refractivity contribution in [1.29, 1.82) is 0 Å². The van der Waals surface area contributed by atoms with Crippen LogP contribution in [0.4, 0.5) is 22.7 Å². The van der Waals surface area contributed by atoms with E-state index in [0.29, 0.717) is 22.7 Å². The first kappa shape index (κ1) is 20.3. The summed E-state index contributed by atoms with van der Waals surface area (Å²) in [6, 6.07) is 18.1. The molecule has 0 radical (unpaired) electrons. The van der Waals surface area contributed by atoms with Gasteiger partial charge in [0, 0.05) is 0 Å². The first-order valence-corrected chi connectivity index (χ1v) is 9.95. The van der Waals surface area contributed by atoms with Gasteiger partial charge in [0.1, 0.15) is 5.75 Å². The van der Waals surface area contributed by atoms with Crippen LogP contribution in [0, 0.1) is 6.92 Å². The molecule has 0 aliphatic rings. The third kappa shape index (κ3) is 5.53. The number of aryl methyl sites for hydroxylation is 1. The molecular weight excluding hydrogens is 392 g/mol. The van der Waals surface area contributed by atoms with Gasteiger partial charge in [-0.1, -0.05) is 6.07 Å². The van der Waals surface area contributed by atoms with E-state index in [0.717, 1.165) is 11.3 Å². The van der Waals surface area contributed by atoms with Crippen molar-refractivity contribution in [3.63, 3.8) is 0 Å². The fourth-order valence-corrected chi connectivity index (χ4v) is 2.92. The predicted molar refractivity (Wildman–Crippen MR) is 109 cm³/mol. The zero-order valence-corrected chi connectivity index (χ0v) is 16.5. The zero-order chi connectivity index (χ0) is 20.9. The summed E-state index contributed by atoms with van der Waals surface area (Å²) in [5.41, 5.74) is 3.09. The number of azo groups is 2. The van der Waals surface area contributed by atoms with E-state index in [9.17, 15) is 8.42 Å². The molecule has 0 atom stereocenters. The van der Waals surface area contributed by atoms with Gasteiger partial charge in [-0.05, 0) is 73.2 Å². The van der Waals surface area contributed by atoms with Crippen molar-refractivity contribution in [3.05, 3.63) is 72.3 Å². The number of methoxy groups -OCH3 is 1. The molecular formula is C20H18N4O4S. The molecule has 0 spiro atoms. The number of hydrogen-bond donors (Lipinski definition) is 1. The molecule has 3 rings (SSSR count). The predicted octanol–water partition coefficient (Wildman–Crippen LogP) is 6.08. The average molecular weight is 410 g/mol. The van der Waals surface area contributed by atoms with Crippen LogP contribution in [0.1, 0.15) is 5.56 Å². The maximum absolute atomic E-state index is 11.2. The second-order valence-corrected chi connectivity index (χ2v) is 7.46. The summed E-state index contributed by atoms with van der Waals surface area (Å²) >= 11 is 0. The zero-order valence-electron chi connectivity index (χ0n) is 15.7. The van der Waals surface area contributed by atoms with E-state index in [1.165, 1.54) is 18.2 Å². The lowest BCUT2D eigenvalue weighted by atomic mass is 10.2. The smallest absolute Gasteiger partial charge is 0.294 e. The van der Waals surface area contributed by atoms with Crippen molar-refractivity contribution in [1.82, 2.24) is 0 Å². The van der Waals surface area contributed by atoms with E-state index in [1.807, 2.05) is 13.0 Å². The lowest BCUT2D eigenvalue weighted by Gasteiger charge is -2.01. The van der Waals surface area contributed by atoms with Gasteiger partial charge in [0.05, 0.1) is 34.8 Å². The Morgan fingerprint density at radius 2 is 1.41 bits per heavy atom. The third-order valence-electron chi connectivity index (χ3n) is 3.92. The van der Waals surface area contributed by atoms with Crippen LogP contribution >= 0.6 is 0 Å². The van der Waals surface area contributed by atoms with E-state index >= 15 is 0 Å². The Balaban J connectivity index is 1.75. The number of hydrogen-bond acceptors (Lipinski definition) is 7. The molecule has 9 heteroatoms. The largest absolute Gasteiger partial charge is 0.497 e. The first-order valence-electron chi connectivity index (χ1n) is 8.51. The Kier molecular flexibility index (Phi) is 6.10. The molecule has 0 saturated carbocycles. The third-order valence-corrected chi connectivity index (χ3v) is 4.77. The fraction of sp³-hybridized carbons (Fsp3) is 0.100. The molecule has 3 aromatic rings. The van der Waals surface area contributed by atoms with Crippen molar-refractivity contribution >= 4 is 32.9 Å². The van der Waals surface area contributed by atoms with Gasteiger partial charge in [0.25, 0.3) is 10.1 Å². The Labute approximate surface area is 168 Å². The second kappa shape index (κ2) is 8.72. The minimum atomic E-state index is -4.29. The lowest BCUT2D eigenvalue weighted by molar-refractivity contribution is 0.415. The highest BCUT2D eigenvalue weighted by Crippen LogP contribution is 2.28. The molecule has 0 aromatic heterocycles. The van der Waals surface area contributed by atoms with Crippen LogP contribution in [0.15, 0.2) is 92.1 Å². The van der Waals surface area contributed by atoms with Gasteiger partial charge in [-0.25, -0.2) is 0 Å². The summed E-state index contributed by atoms with van der Waals surface area (Å²) in [7, 11) is -2.69. The molecule has 0 unspecified atom stereocenters. The van der Waals surface area contributed by atoms with E-state index in [4.69, 9.17) is 9.29 Å². The number of rotatable bonds is 6. The quantitative estimate of drug-likeness (QED) is 0.392. The van der Waals surface area contributed by atoms with Crippen molar-refractivity contribution in [2.24, 2.45) is 20.5 Å². The maximum atomic E-state index is 11.2. The second-order valence-electron chi connectivity index (χ2n) is 6.04. The standard InChI is InChI=1S/C20H18N4O4S/c1-14-12-17(22-21-15-6-9-18(28-2)10-7-15)8-11-20(14)24-23-16-4-3-5-19(13-16)29(25,26)27/h3-13H,1-2H3,(H,25,26,27). The molecule has 3 aromatic carbocycles. The van der Waals surface area contributed by atoms with Gasteiger partial charge in [-0.2, -0.15) is 28.9 Å². The summed E-state index contributed by atoms with van der Waals surface area (Å²) in [5, 5.41) is 16.6. The number of nitrogens with zero attached hydrogens (tertiary/aromatic N) is 4. The molecule has 0 amide bonds. The molecule has 0 heterocycles. The molecule has 0 bridgehead atoms. The molecule has 8 nitrogen and oxygen atoms in total.